The van der Waals surface area contributed by atoms with Gasteiger partial charge in [-0.05, 0) is 43.4 Å². The zero-order valence-electron chi connectivity index (χ0n) is 12.5. The molecule has 5 nitrogen and oxygen atoms in total. The maximum absolute atomic E-state index is 12.1. The van der Waals surface area contributed by atoms with Crippen LogP contribution in [0.2, 0.25) is 0 Å². The lowest BCUT2D eigenvalue weighted by Gasteiger charge is -2.10. The van der Waals surface area contributed by atoms with Crippen molar-refractivity contribution in [2.75, 3.05) is 11.9 Å². The number of thiophene rings is 1. The van der Waals surface area contributed by atoms with Gasteiger partial charge in [-0.25, -0.2) is 4.79 Å². The van der Waals surface area contributed by atoms with Gasteiger partial charge in [-0.1, -0.05) is 18.2 Å². The number of anilines is 1. The van der Waals surface area contributed by atoms with E-state index in [1.807, 2.05) is 18.2 Å². The van der Waals surface area contributed by atoms with Crippen molar-refractivity contribution in [1.29, 1.82) is 0 Å². The third-order valence-electron chi connectivity index (χ3n) is 3.75. The summed E-state index contributed by atoms with van der Waals surface area (Å²) in [6.07, 6.45) is 3.71. The summed E-state index contributed by atoms with van der Waals surface area (Å²) in [4.78, 5) is 24.7. The van der Waals surface area contributed by atoms with Crippen molar-refractivity contribution in [2.45, 2.75) is 25.7 Å². The highest BCUT2D eigenvalue weighted by atomic mass is 32.1. The van der Waals surface area contributed by atoms with Gasteiger partial charge < -0.3 is 15.2 Å². The first-order valence-corrected chi connectivity index (χ1v) is 8.32. The predicted molar refractivity (Wildman–Crippen MR) is 88.5 cm³/mol. The number of carbonyl (C=O) groups excluding carboxylic acids is 1. The van der Waals surface area contributed by atoms with Gasteiger partial charge in [0.1, 0.15) is 10.8 Å². The average molecular weight is 331 g/mol. The van der Waals surface area contributed by atoms with Gasteiger partial charge in [0.15, 0.2) is 6.61 Å². The van der Waals surface area contributed by atoms with E-state index >= 15 is 0 Å². The minimum atomic E-state index is -0.983. The topological polar surface area (TPSA) is 75.6 Å². The van der Waals surface area contributed by atoms with Crippen LogP contribution in [-0.2, 0) is 17.6 Å². The highest BCUT2D eigenvalue weighted by Gasteiger charge is 2.26. The van der Waals surface area contributed by atoms with E-state index in [-0.39, 0.29) is 18.1 Å². The standard InChI is InChI=1S/C17H17NO4S/c19-14(10-22-11-6-2-1-3-7-11)18-16-15(17(20)21)12-8-4-5-9-13(12)23-16/h1-3,6-7H,4-5,8-10H2,(H,18,19)(H,20,21). The summed E-state index contributed by atoms with van der Waals surface area (Å²) < 4.78 is 5.39. The summed E-state index contributed by atoms with van der Waals surface area (Å²) in [5.41, 5.74) is 1.13. The van der Waals surface area contributed by atoms with Crippen LogP contribution in [-0.4, -0.2) is 23.6 Å². The number of hydrogen-bond donors (Lipinski definition) is 2. The molecule has 1 aliphatic rings. The second-order valence-electron chi connectivity index (χ2n) is 5.37. The number of benzene rings is 1. The van der Waals surface area contributed by atoms with E-state index in [0.717, 1.165) is 36.1 Å². The van der Waals surface area contributed by atoms with E-state index in [2.05, 4.69) is 5.32 Å². The Morgan fingerprint density at radius 1 is 1.17 bits per heavy atom. The zero-order chi connectivity index (χ0) is 16.2. The van der Waals surface area contributed by atoms with Crippen LogP contribution in [0.1, 0.15) is 33.6 Å². The fraction of sp³-hybridized carbons (Fsp3) is 0.294. The number of para-hydroxylation sites is 1. The van der Waals surface area contributed by atoms with Crippen molar-refractivity contribution in [3.8, 4) is 5.75 Å². The molecule has 1 aliphatic carbocycles. The van der Waals surface area contributed by atoms with Crippen molar-refractivity contribution in [1.82, 2.24) is 0 Å². The van der Waals surface area contributed by atoms with Crippen molar-refractivity contribution < 1.29 is 19.4 Å². The first kappa shape index (κ1) is 15.6. The van der Waals surface area contributed by atoms with Crippen LogP contribution in [0.15, 0.2) is 30.3 Å². The van der Waals surface area contributed by atoms with E-state index in [4.69, 9.17) is 4.74 Å². The van der Waals surface area contributed by atoms with Crippen LogP contribution < -0.4 is 10.1 Å². The molecule has 1 heterocycles. The number of fused-ring (bicyclic) bond motifs is 1. The number of carboxylic acids is 1. The van der Waals surface area contributed by atoms with Crippen LogP contribution >= 0.6 is 11.3 Å². The summed E-state index contributed by atoms with van der Waals surface area (Å²) in [7, 11) is 0. The van der Waals surface area contributed by atoms with Gasteiger partial charge in [0.25, 0.3) is 5.91 Å². The molecule has 2 N–H and O–H groups in total. The lowest BCUT2D eigenvalue weighted by atomic mass is 9.95. The Bertz CT molecular complexity index is 724. The first-order valence-electron chi connectivity index (χ1n) is 7.50. The normalized spacial score (nSPS) is 13.2. The summed E-state index contributed by atoms with van der Waals surface area (Å²) in [5.74, 6) is -0.731. The van der Waals surface area contributed by atoms with E-state index in [1.165, 1.54) is 11.3 Å². The summed E-state index contributed by atoms with van der Waals surface area (Å²) in [6, 6.07) is 9.04. The number of carboxylic acid groups (broad SMARTS) is 1. The maximum atomic E-state index is 12.1. The highest BCUT2D eigenvalue weighted by Crippen LogP contribution is 2.38. The molecule has 1 amide bonds. The van der Waals surface area contributed by atoms with Crippen molar-refractivity contribution in [3.05, 3.63) is 46.3 Å². The van der Waals surface area contributed by atoms with Crippen LogP contribution in [0.4, 0.5) is 5.00 Å². The lowest BCUT2D eigenvalue weighted by molar-refractivity contribution is -0.118. The van der Waals surface area contributed by atoms with Crippen LogP contribution in [0.5, 0.6) is 5.75 Å². The molecule has 23 heavy (non-hydrogen) atoms. The van der Waals surface area contributed by atoms with E-state index in [9.17, 15) is 14.7 Å². The smallest absolute Gasteiger partial charge is 0.339 e. The fourth-order valence-corrected chi connectivity index (χ4v) is 4.01. The Hall–Kier alpha value is -2.34. The molecule has 0 spiro atoms. The Kier molecular flexibility index (Phi) is 4.62. The van der Waals surface area contributed by atoms with E-state index < -0.39 is 5.97 Å². The number of nitrogens with one attached hydrogen (secondary N) is 1. The zero-order valence-corrected chi connectivity index (χ0v) is 13.3. The molecule has 0 bridgehead atoms. The number of aryl methyl sites for hydroxylation is 1. The van der Waals surface area contributed by atoms with Crippen molar-refractivity contribution in [3.63, 3.8) is 0 Å². The van der Waals surface area contributed by atoms with Gasteiger partial charge in [-0.2, -0.15) is 0 Å². The monoisotopic (exact) mass is 331 g/mol. The number of rotatable bonds is 5. The molecule has 0 saturated carbocycles. The maximum Gasteiger partial charge on any atom is 0.339 e. The van der Waals surface area contributed by atoms with Gasteiger partial charge in [0.05, 0.1) is 5.56 Å². The van der Waals surface area contributed by atoms with Gasteiger partial charge in [-0.3, -0.25) is 4.79 Å². The molecule has 0 atom stereocenters. The molecule has 120 valence electrons. The SMILES string of the molecule is O=C(COc1ccccc1)Nc1sc2c(c1C(=O)O)CCCC2. The van der Waals surface area contributed by atoms with E-state index in [1.54, 1.807) is 12.1 Å². The molecule has 1 aromatic carbocycles. The van der Waals surface area contributed by atoms with Crippen LogP contribution in [0.3, 0.4) is 0 Å². The number of hydrogen-bond acceptors (Lipinski definition) is 4. The largest absolute Gasteiger partial charge is 0.484 e. The van der Waals surface area contributed by atoms with Crippen molar-refractivity contribution in [2.24, 2.45) is 0 Å². The Morgan fingerprint density at radius 3 is 2.65 bits per heavy atom. The molecule has 0 saturated heterocycles. The Morgan fingerprint density at radius 2 is 1.91 bits per heavy atom. The van der Waals surface area contributed by atoms with Gasteiger partial charge in [0.2, 0.25) is 0 Å². The number of aromatic carboxylic acids is 1. The number of ether oxygens (including phenoxy) is 1. The molecular formula is C17H17NO4S. The second-order valence-corrected chi connectivity index (χ2v) is 6.48. The van der Waals surface area contributed by atoms with Gasteiger partial charge in [-0.15, -0.1) is 11.3 Å². The number of amides is 1. The van der Waals surface area contributed by atoms with Crippen molar-refractivity contribution >= 4 is 28.2 Å². The summed E-state index contributed by atoms with van der Waals surface area (Å²) >= 11 is 1.37. The quantitative estimate of drug-likeness (QED) is 0.881. The molecule has 2 aromatic rings. The Balaban J connectivity index is 1.71. The molecule has 6 heteroatoms. The third-order valence-corrected chi connectivity index (χ3v) is 4.96. The number of carbonyl (C=O) groups is 2. The Labute approximate surface area is 137 Å². The van der Waals surface area contributed by atoms with Crippen LogP contribution in [0.25, 0.3) is 0 Å². The highest BCUT2D eigenvalue weighted by molar-refractivity contribution is 7.17. The summed E-state index contributed by atoms with van der Waals surface area (Å²) in [5, 5.41) is 12.6. The molecular weight excluding hydrogens is 314 g/mol. The minimum Gasteiger partial charge on any atom is -0.484 e. The molecule has 1 aromatic heterocycles. The lowest BCUT2D eigenvalue weighted by Crippen LogP contribution is -2.21. The minimum absolute atomic E-state index is 0.147. The predicted octanol–water partition coefficient (Wildman–Crippen LogP) is 3.34. The molecule has 0 radical (unpaired) electrons. The van der Waals surface area contributed by atoms with Crippen LogP contribution in [0, 0.1) is 0 Å². The van der Waals surface area contributed by atoms with E-state index in [0.29, 0.717) is 10.8 Å². The fourth-order valence-electron chi connectivity index (χ4n) is 2.71. The molecule has 3 rings (SSSR count). The second kappa shape index (κ2) is 6.83. The average Bonchev–Trinajstić information content (AvgIpc) is 2.91. The molecule has 0 aliphatic heterocycles. The molecule has 0 fully saturated rings. The van der Waals surface area contributed by atoms with Gasteiger partial charge in [0, 0.05) is 4.88 Å². The third kappa shape index (κ3) is 3.53. The first-order chi connectivity index (χ1) is 11.1. The summed E-state index contributed by atoms with van der Waals surface area (Å²) in [6.45, 7) is -0.147. The molecule has 0 unspecified atom stereocenters. The van der Waals surface area contributed by atoms with Gasteiger partial charge >= 0.3 is 5.97 Å².